The van der Waals surface area contributed by atoms with Crippen molar-refractivity contribution in [2.24, 2.45) is 5.41 Å². The highest BCUT2D eigenvalue weighted by atomic mass is 35.5. The van der Waals surface area contributed by atoms with E-state index in [0.717, 1.165) is 0 Å². The highest BCUT2D eigenvalue weighted by molar-refractivity contribution is 5.85. The third-order valence-corrected chi connectivity index (χ3v) is 2.62. The normalized spacial score (nSPS) is 31.8. The minimum atomic E-state index is -2.35. The first-order valence-corrected chi connectivity index (χ1v) is 3.25. The zero-order chi connectivity index (χ0) is 6.54. The average Bonchev–Trinajstić information content (AvgIpc) is 1.59. The molecule has 4 heteroatoms. The monoisotopic (exact) mass is 169 g/mol. The molecule has 1 saturated carbocycles. The fraction of sp³-hybridized carbons (Fsp3) is 1.00. The molecule has 0 aromatic carbocycles. The summed E-state index contributed by atoms with van der Waals surface area (Å²) < 4.78 is 25.2. The molecule has 0 atom stereocenters. The predicted octanol–water partition coefficient (Wildman–Crippen LogP) is 1.43. The summed E-state index contributed by atoms with van der Waals surface area (Å²) >= 11 is 0. The van der Waals surface area contributed by atoms with Gasteiger partial charge in [0, 0.05) is 19.5 Å². The fourth-order valence-electron chi connectivity index (χ4n) is 1.53. The molecule has 1 heterocycles. The van der Waals surface area contributed by atoms with Gasteiger partial charge >= 0.3 is 0 Å². The van der Waals surface area contributed by atoms with Gasteiger partial charge in [-0.3, -0.25) is 0 Å². The van der Waals surface area contributed by atoms with Crippen LogP contribution in [0.5, 0.6) is 0 Å². The molecule has 1 aliphatic carbocycles. The van der Waals surface area contributed by atoms with Crippen LogP contribution in [0.15, 0.2) is 0 Å². The van der Waals surface area contributed by atoms with Crippen molar-refractivity contribution in [3.05, 3.63) is 0 Å². The summed E-state index contributed by atoms with van der Waals surface area (Å²) in [7, 11) is 0. The van der Waals surface area contributed by atoms with Crippen molar-refractivity contribution in [3.63, 3.8) is 0 Å². The van der Waals surface area contributed by atoms with Crippen LogP contribution in [0.4, 0.5) is 8.78 Å². The van der Waals surface area contributed by atoms with Crippen LogP contribution in [0.3, 0.4) is 0 Å². The smallest absolute Gasteiger partial charge is 0.256 e. The van der Waals surface area contributed by atoms with Crippen LogP contribution < -0.4 is 5.32 Å². The molecule has 0 amide bonds. The minimum Gasteiger partial charge on any atom is -0.315 e. The number of alkyl halides is 2. The Morgan fingerprint density at radius 3 is 1.70 bits per heavy atom. The molecule has 0 bridgehead atoms. The average molecular weight is 170 g/mol. The predicted molar refractivity (Wildman–Crippen MR) is 36.7 cm³/mol. The van der Waals surface area contributed by atoms with Crippen LogP contribution >= 0.6 is 12.4 Å². The standard InChI is InChI=1S/C6H9F2N.ClH/c7-6(8)2-1-5(6)3-9-4-5;/h9H,1-4H2;1H. The van der Waals surface area contributed by atoms with E-state index in [-0.39, 0.29) is 18.8 Å². The van der Waals surface area contributed by atoms with Crippen LogP contribution in [-0.2, 0) is 0 Å². The molecular formula is C6H10ClF2N. The van der Waals surface area contributed by atoms with Crippen molar-refractivity contribution in [2.75, 3.05) is 13.1 Å². The fourth-order valence-corrected chi connectivity index (χ4v) is 1.53. The summed E-state index contributed by atoms with van der Waals surface area (Å²) in [6.07, 6.45) is 0.821. The summed E-state index contributed by atoms with van der Waals surface area (Å²) in [6.45, 7) is 1.06. The van der Waals surface area contributed by atoms with Crippen molar-refractivity contribution in [3.8, 4) is 0 Å². The molecular weight excluding hydrogens is 160 g/mol. The number of halogens is 3. The zero-order valence-corrected chi connectivity index (χ0v) is 6.31. The van der Waals surface area contributed by atoms with Crippen LogP contribution in [0.1, 0.15) is 12.8 Å². The first-order chi connectivity index (χ1) is 4.16. The molecule has 0 aromatic heterocycles. The van der Waals surface area contributed by atoms with Crippen molar-refractivity contribution < 1.29 is 8.78 Å². The highest BCUT2D eigenvalue weighted by Gasteiger charge is 2.64. The van der Waals surface area contributed by atoms with Crippen molar-refractivity contribution in [2.45, 2.75) is 18.8 Å². The lowest BCUT2D eigenvalue weighted by Gasteiger charge is -2.55. The maximum Gasteiger partial charge on any atom is 0.256 e. The Morgan fingerprint density at radius 1 is 1.10 bits per heavy atom. The summed E-state index contributed by atoms with van der Waals surface area (Å²) in [5, 5.41) is 2.88. The number of hydrogen-bond donors (Lipinski definition) is 1. The lowest BCUT2D eigenvalue weighted by molar-refractivity contribution is -0.222. The van der Waals surface area contributed by atoms with Crippen LogP contribution in [0, 0.1) is 5.41 Å². The Labute approximate surface area is 64.6 Å². The van der Waals surface area contributed by atoms with Gasteiger partial charge in [0.25, 0.3) is 5.92 Å². The van der Waals surface area contributed by atoms with E-state index in [1.807, 2.05) is 0 Å². The van der Waals surface area contributed by atoms with Crippen molar-refractivity contribution in [1.29, 1.82) is 0 Å². The number of hydrogen-bond acceptors (Lipinski definition) is 1. The Hall–Kier alpha value is 0.110. The molecule has 0 radical (unpaired) electrons. The van der Waals surface area contributed by atoms with E-state index in [1.165, 1.54) is 0 Å². The molecule has 10 heavy (non-hydrogen) atoms. The van der Waals surface area contributed by atoms with E-state index in [1.54, 1.807) is 0 Å². The van der Waals surface area contributed by atoms with Crippen LogP contribution in [-0.4, -0.2) is 19.0 Å². The van der Waals surface area contributed by atoms with Gasteiger partial charge < -0.3 is 5.32 Å². The van der Waals surface area contributed by atoms with Gasteiger partial charge in [0.15, 0.2) is 0 Å². The molecule has 0 aromatic rings. The van der Waals surface area contributed by atoms with E-state index in [2.05, 4.69) is 5.32 Å². The summed E-state index contributed by atoms with van der Waals surface area (Å²) in [5.74, 6) is -2.35. The number of rotatable bonds is 0. The molecule has 1 N–H and O–H groups in total. The first-order valence-electron chi connectivity index (χ1n) is 3.25. The summed E-state index contributed by atoms with van der Waals surface area (Å²) in [4.78, 5) is 0. The van der Waals surface area contributed by atoms with Gasteiger partial charge in [-0.1, -0.05) is 0 Å². The lowest BCUT2D eigenvalue weighted by Crippen LogP contribution is -2.68. The van der Waals surface area contributed by atoms with Crippen molar-refractivity contribution in [1.82, 2.24) is 5.32 Å². The molecule has 60 valence electrons. The highest BCUT2D eigenvalue weighted by Crippen LogP contribution is 2.55. The van der Waals surface area contributed by atoms with Crippen LogP contribution in [0.2, 0.25) is 0 Å². The first kappa shape index (κ1) is 8.21. The number of nitrogens with one attached hydrogen (secondary N) is 1. The Morgan fingerprint density at radius 2 is 1.70 bits per heavy atom. The van der Waals surface area contributed by atoms with Gasteiger partial charge in [-0.2, -0.15) is 0 Å². The minimum absolute atomic E-state index is 0. The Kier molecular flexibility index (Phi) is 1.68. The van der Waals surface area contributed by atoms with E-state index in [9.17, 15) is 8.78 Å². The molecule has 1 spiro atoms. The third-order valence-electron chi connectivity index (χ3n) is 2.62. The van der Waals surface area contributed by atoms with Crippen LogP contribution in [0.25, 0.3) is 0 Å². The topological polar surface area (TPSA) is 12.0 Å². The second-order valence-electron chi connectivity index (χ2n) is 3.09. The quantitative estimate of drug-likeness (QED) is 0.579. The molecule has 2 fully saturated rings. The van der Waals surface area contributed by atoms with Gasteiger partial charge in [0.1, 0.15) is 0 Å². The van der Waals surface area contributed by atoms with E-state index >= 15 is 0 Å². The molecule has 0 unspecified atom stereocenters. The van der Waals surface area contributed by atoms with E-state index in [0.29, 0.717) is 19.5 Å². The lowest BCUT2D eigenvalue weighted by atomic mass is 9.61. The second kappa shape index (κ2) is 2.05. The SMILES string of the molecule is Cl.FC1(F)CCC12CNC2. The summed E-state index contributed by atoms with van der Waals surface area (Å²) in [5.41, 5.74) is -0.604. The van der Waals surface area contributed by atoms with Gasteiger partial charge in [-0.05, 0) is 6.42 Å². The molecule has 2 rings (SSSR count). The molecule has 1 nitrogen and oxygen atoms in total. The third kappa shape index (κ3) is 0.705. The van der Waals surface area contributed by atoms with Crippen molar-refractivity contribution >= 4 is 12.4 Å². The Balaban J connectivity index is 0.000000500. The maximum atomic E-state index is 12.6. The molecule has 1 aliphatic heterocycles. The van der Waals surface area contributed by atoms with Gasteiger partial charge in [-0.15, -0.1) is 12.4 Å². The van der Waals surface area contributed by atoms with Gasteiger partial charge in [-0.25, -0.2) is 8.78 Å². The summed E-state index contributed by atoms with van der Waals surface area (Å²) in [6, 6.07) is 0. The van der Waals surface area contributed by atoms with Gasteiger partial charge in [0.2, 0.25) is 0 Å². The largest absolute Gasteiger partial charge is 0.315 e. The maximum absolute atomic E-state index is 12.6. The Bertz CT molecular complexity index is 139. The van der Waals surface area contributed by atoms with Gasteiger partial charge in [0.05, 0.1) is 5.41 Å². The second-order valence-corrected chi connectivity index (χ2v) is 3.09. The van der Waals surface area contributed by atoms with E-state index in [4.69, 9.17) is 0 Å². The molecule has 2 aliphatic rings. The molecule has 1 saturated heterocycles. The zero-order valence-electron chi connectivity index (χ0n) is 5.49. The van der Waals surface area contributed by atoms with E-state index < -0.39 is 11.3 Å².